The van der Waals surface area contributed by atoms with Crippen molar-refractivity contribution >= 4 is 17.3 Å². The van der Waals surface area contributed by atoms with E-state index in [9.17, 15) is 4.79 Å². The molecule has 5 nitrogen and oxygen atoms in total. The number of nitrogens with zero attached hydrogens (tertiary/aromatic N) is 1. The summed E-state index contributed by atoms with van der Waals surface area (Å²) < 4.78 is 10.6. The van der Waals surface area contributed by atoms with Gasteiger partial charge in [-0.05, 0) is 35.9 Å². The minimum absolute atomic E-state index is 0.208. The van der Waals surface area contributed by atoms with Crippen LogP contribution in [0.5, 0.6) is 11.5 Å². The number of thiophene rings is 1. The molecule has 1 aliphatic heterocycles. The van der Waals surface area contributed by atoms with Gasteiger partial charge in [-0.1, -0.05) is 0 Å². The van der Waals surface area contributed by atoms with E-state index in [0.717, 1.165) is 17.0 Å². The van der Waals surface area contributed by atoms with Crippen LogP contribution < -0.4 is 9.47 Å². The van der Waals surface area contributed by atoms with Crippen molar-refractivity contribution in [3.8, 4) is 21.9 Å². The molecule has 1 saturated heterocycles. The van der Waals surface area contributed by atoms with Gasteiger partial charge < -0.3 is 14.6 Å². The van der Waals surface area contributed by atoms with Gasteiger partial charge in [-0.3, -0.25) is 9.69 Å². The van der Waals surface area contributed by atoms with Gasteiger partial charge in [0.25, 0.3) is 0 Å². The zero-order valence-electron chi connectivity index (χ0n) is 13.1. The zero-order chi connectivity index (χ0) is 16.4. The highest BCUT2D eigenvalue weighted by Crippen LogP contribution is 2.36. The van der Waals surface area contributed by atoms with E-state index in [0.29, 0.717) is 24.6 Å². The summed E-state index contributed by atoms with van der Waals surface area (Å²) in [4.78, 5) is 15.4. The zero-order valence-corrected chi connectivity index (χ0v) is 13.9. The van der Waals surface area contributed by atoms with E-state index in [4.69, 9.17) is 14.6 Å². The quantitative estimate of drug-likeness (QED) is 0.881. The molecule has 0 unspecified atom stereocenters. The van der Waals surface area contributed by atoms with E-state index in [1.807, 2.05) is 18.2 Å². The van der Waals surface area contributed by atoms with E-state index in [1.165, 1.54) is 4.88 Å². The molecule has 0 aliphatic carbocycles. The summed E-state index contributed by atoms with van der Waals surface area (Å²) in [5, 5.41) is 8.92. The molecule has 23 heavy (non-hydrogen) atoms. The molecule has 0 spiro atoms. The minimum Gasteiger partial charge on any atom is -0.493 e. The van der Waals surface area contributed by atoms with Gasteiger partial charge in [0.2, 0.25) is 0 Å². The van der Waals surface area contributed by atoms with Gasteiger partial charge in [0.05, 0.1) is 20.1 Å². The highest BCUT2D eigenvalue weighted by molar-refractivity contribution is 7.15. The van der Waals surface area contributed by atoms with Crippen LogP contribution in [0, 0.1) is 5.92 Å². The molecule has 0 bridgehead atoms. The van der Waals surface area contributed by atoms with Gasteiger partial charge in [0.1, 0.15) is 0 Å². The number of ether oxygens (including phenoxy) is 2. The fraction of sp³-hybridized carbons (Fsp3) is 0.353. The maximum absolute atomic E-state index is 10.8. The normalized spacial score (nSPS) is 15.2. The van der Waals surface area contributed by atoms with Gasteiger partial charge in [-0.15, -0.1) is 11.3 Å². The molecule has 3 rings (SSSR count). The van der Waals surface area contributed by atoms with Gasteiger partial charge in [-0.25, -0.2) is 0 Å². The van der Waals surface area contributed by atoms with Crippen LogP contribution in [0.25, 0.3) is 10.4 Å². The molecule has 0 amide bonds. The Morgan fingerprint density at radius 3 is 2.61 bits per heavy atom. The SMILES string of the molecule is COc1ccc(-c2ccc(CN3CC(C(=O)O)C3)s2)cc1OC. The lowest BCUT2D eigenvalue weighted by atomic mass is 10.0. The van der Waals surface area contributed by atoms with Crippen molar-refractivity contribution in [3.05, 3.63) is 35.2 Å². The third kappa shape index (κ3) is 3.33. The molecule has 2 heterocycles. The van der Waals surface area contributed by atoms with Crippen LogP contribution in [0.15, 0.2) is 30.3 Å². The Bertz CT molecular complexity index is 706. The fourth-order valence-electron chi connectivity index (χ4n) is 2.68. The molecule has 1 N–H and O–H groups in total. The number of likely N-dealkylation sites (tertiary alicyclic amines) is 1. The molecule has 0 saturated carbocycles. The van der Waals surface area contributed by atoms with Crippen LogP contribution in [0.2, 0.25) is 0 Å². The second-order valence-electron chi connectivity index (χ2n) is 5.56. The van der Waals surface area contributed by atoms with E-state index in [1.54, 1.807) is 25.6 Å². The molecule has 0 radical (unpaired) electrons. The van der Waals surface area contributed by atoms with Crippen LogP contribution in [0.3, 0.4) is 0 Å². The Labute approximate surface area is 139 Å². The first-order valence-corrected chi connectivity index (χ1v) is 8.18. The lowest BCUT2D eigenvalue weighted by Gasteiger charge is -2.36. The van der Waals surface area contributed by atoms with Gasteiger partial charge >= 0.3 is 5.97 Å². The number of carboxylic acid groups (broad SMARTS) is 1. The first-order chi connectivity index (χ1) is 11.1. The highest BCUT2D eigenvalue weighted by Gasteiger charge is 2.32. The number of aliphatic carboxylic acids is 1. The van der Waals surface area contributed by atoms with Crippen molar-refractivity contribution < 1.29 is 19.4 Å². The van der Waals surface area contributed by atoms with Crippen molar-refractivity contribution in [2.75, 3.05) is 27.3 Å². The Balaban J connectivity index is 1.69. The predicted octanol–water partition coefficient (Wildman–Crippen LogP) is 2.95. The first-order valence-electron chi connectivity index (χ1n) is 7.37. The predicted molar refractivity (Wildman–Crippen MR) is 89.3 cm³/mol. The summed E-state index contributed by atoms with van der Waals surface area (Å²) >= 11 is 1.72. The summed E-state index contributed by atoms with van der Waals surface area (Å²) in [6, 6.07) is 10.1. The Kier molecular flexibility index (Phi) is 4.54. The molecule has 6 heteroatoms. The van der Waals surface area contributed by atoms with Gasteiger partial charge in [0, 0.05) is 29.4 Å². The van der Waals surface area contributed by atoms with Crippen molar-refractivity contribution in [2.24, 2.45) is 5.92 Å². The molecule has 1 aliphatic rings. The van der Waals surface area contributed by atoms with Crippen molar-refractivity contribution in [1.82, 2.24) is 4.90 Å². The maximum Gasteiger partial charge on any atom is 0.309 e. The monoisotopic (exact) mass is 333 g/mol. The number of methoxy groups -OCH3 is 2. The van der Waals surface area contributed by atoms with E-state index in [-0.39, 0.29) is 5.92 Å². The average Bonchev–Trinajstić information content (AvgIpc) is 2.98. The third-order valence-electron chi connectivity index (χ3n) is 4.02. The first kappa shape index (κ1) is 15.8. The van der Waals surface area contributed by atoms with Gasteiger partial charge in [0.15, 0.2) is 11.5 Å². The van der Waals surface area contributed by atoms with E-state index >= 15 is 0 Å². The Morgan fingerprint density at radius 2 is 1.96 bits per heavy atom. The summed E-state index contributed by atoms with van der Waals surface area (Å²) in [5.41, 5.74) is 1.09. The van der Waals surface area contributed by atoms with Crippen LogP contribution in [0.1, 0.15) is 4.88 Å². The maximum atomic E-state index is 10.8. The molecular weight excluding hydrogens is 314 g/mol. The van der Waals surface area contributed by atoms with Crippen LogP contribution in [-0.2, 0) is 11.3 Å². The Hall–Kier alpha value is -2.05. The lowest BCUT2D eigenvalue weighted by Crippen LogP contribution is -2.49. The summed E-state index contributed by atoms with van der Waals surface area (Å²) in [6.07, 6.45) is 0. The van der Waals surface area contributed by atoms with Crippen LogP contribution in [-0.4, -0.2) is 43.3 Å². The topological polar surface area (TPSA) is 59.0 Å². The second kappa shape index (κ2) is 6.60. The number of carbonyl (C=O) groups is 1. The van der Waals surface area contributed by atoms with E-state index in [2.05, 4.69) is 17.0 Å². The third-order valence-corrected chi connectivity index (χ3v) is 5.13. The van der Waals surface area contributed by atoms with Crippen LogP contribution >= 0.6 is 11.3 Å². The molecule has 1 fully saturated rings. The largest absolute Gasteiger partial charge is 0.493 e. The molecule has 1 aromatic carbocycles. The molecular formula is C17H19NO4S. The standard InChI is InChI=1S/C17H19NO4S/c1-21-14-5-3-11(7-15(14)22-2)16-6-4-13(23-16)10-18-8-12(9-18)17(19)20/h3-7,12H,8-10H2,1-2H3,(H,19,20). The van der Waals surface area contributed by atoms with Crippen molar-refractivity contribution in [1.29, 1.82) is 0 Å². The molecule has 2 aromatic rings. The summed E-state index contributed by atoms with van der Waals surface area (Å²) in [7, 11) is 3.25. The fourth-order valence-corrected chi connectivity index (χ4v) is 3.73. The number of carboxylic acids is 1. The summed E-state index contributed by atoms with van der Waals surface area (Å²) in [5.74, 6) is 0.527. The number of benzene rings is 1. The number of rotatable bonds is 6. The second-order valence-corrected chi connectivity index (χ2v) is 6.73. The molecule has 122 valence electrons. The van der Waals surface area contributed by atoms with Crippen molar-refractivity contribution in [3.63, 3.8) is 0 Å². The highest BCUT2D eigenvalue weighted by atomic mass is 32.1. The average molecular weight is 333 g/mol. The lowest BCUT2D eigenvalue weighted by molar-refractivity contribution is -0.147. The molecule has 1 aromatic heterocycles. The number of hydrogen-bond acceptors (Lipinski definition) is 5. The molecule has 0 atom stereocenters. The van der Waals surface area contributed by atoms with E-state index < -0.39 is 5.97 Å². The van der Waals surface area contributed by atoms with Gasteiger partial charge in [-0.2, -0.15) is 0 Å². The van der Waals surface area contributed by atoms with Crippen LogP contribution in [0.4, 0.5) is 0 Å². The minimum atomic E-state index is -0.696. The smallest absolute Gasteiger partial charge is 0.309 e. The number of hydrogen-bond donors (Lipinski definition) is 1. The summed E-state index contributed by atoms with van der Waals surface area (Å²) in [6.45, 7) is 2.08. The Morgan fingerprint density at radius 1 is 1.22 bits per heavy atom. The van der Waals surface area contributed by atoms with Crippen molar-refractivity contribution in [2.45, 2.75) is 6.54 Å².